The first-order valence-electron chi connectivity index (χ1n) is 5.27. The number of rotatable bonds is 3. The van der Waals surface area contributed by atoms with E-state index in [2.05, 4.69) is 15.5 Å². The largest absolute Gasteiger partial charge is 0.495 e. The Labute approximate surface area is 109 Å². The molecule has 18 heavy (non-hydrogen) atoms. The number of carbonyl (C=O) groups excluding carboxylic acids is 1. The van der Waals surface area contributed by atoms with E-state index in [0.29, 0.717) is 22.2 Å². The smallest absolute Gasteiger partial charge is 0.276 e. The summed E-state index contributed by atoms with van der Waals surface area (Å²) in [5.41, 5.74) is 1.64. The van der Waals surface area contributed by atoms with Crippen LogP contribution in [0.3, 0.4) is 0 Å². The quantitative estimate of drug-likeness (QED) is 0.896. The fraction of sp³-hybridized carbons (Fsp3) is 0.167. The normalized spacial score (nSPS) is 10.2. The molecule has 2 N–H and O–H groups in total. The molecule has 94 valence electrons. The number of anilines is 1. The Morgan fingerprint density at radius 2 is 2.22 bits per heavy atom. The number of amides is 1. The third-order valence-electron chi connectivity index (χ3n) is 2.35. The predicted octanol–water partition coefficient (Wildman–Crippen LogP) is 2.63. The van der Waals surface area contributed by atoms with Crippen LogP contribution in [-0.4, -0.2) is 23.2 Å². The van der Waals surface area contributed by atoms with E-state index < -0.39 is 0 Å². The zero-order valence-corrected chi connectivity index (χ0v) is 10.7. The van der Waals surface area contributed by atoms with E-state index in [1.54, 1.807) is 24.3 Å². The van der Waals surface area contributed by atoms with Gasteiger partial charge in [0, 0.05) is 10.7 Å². The number of aromatic nitrogens is 2. The molecule has 0 atom stereocenters. The number of ether oxygens (including phenoxy) is 1. The first-order chi connectivity index (χ1) is 8.60. The lowest BCUT2D eigenvalue weighted by Gasteiger charge is -2.09. The van der Waals surface area contributed by atoms with Crippen molar-refractivity contribution in [1.82, 2.24) is 10.2 Å². The number of H-pyrrole nitrogens is 1. The summed E-state index contributed by atoms with van der Waals surface area (Å²) in [4.78, 5) is 11.9. The van der Waals surface area contributed by atoms with Gasteiger partial charge in [0.05, 0.1) is 12.8 Å². The summed E-state index contributed by atoms with van der Waals surface area (Å²) in [7, 11) is 1.53. The van der Waals surface area contributed by atoms with Gasteiger partial charge in [-0.25, -0.2) is 0 Å². The second kappa shape index (κ2) is 5.10. The molecule has 0 saturated carbocycles. The van der Waals surface area contributed by atoms with Crippen molar-refractivity contribution in [3.63, 3.8) is 0 Å². The second-order valence-electron chi connectivity index (χ2n) is 3.73. The van der Waals surface area contributed by atoms with Gasteiger partial charge in [-0.3, -0.25) is 9.89 Å². The minimum absolute atomic E-state index is 0.314. The van der Waals surface area contributed by atoms with Crippen molar-refractivity contribution in [2.24, 2.45) is 0 Å². The summed E-state index contributed by atoms with van der Waals surface area (Å²) in [6, 6.07) is 6.66. The van der Waals surface area contributed by atoms with Gasteiger partial charge in [0.15, 0.2) is 5.69 Å². The van der Waals surface area contributed by atoms with Crippen molar-refractivity contribution in [3.05, 3.63) is 40.7 Å². The summed E-state index contributed by atoms with van der Waals surface area (Å²) in [5, 5.41) is 9.80. The molecule has 0 aliphatic heterocycles. The molecule has 0 fully saturated rings. The molecule has 1 aromatic carbocycles. The molecular formula is C12H12ClN3O2. The van der Waals surface area contributed by atoms with Gasteiger partial charge in [-0.2, -0.15) is 5.10 Å². The van der Waals surface area contributed by atoms with Crippen molar-refractivity contribution in [3.8, 4) is 5.75 Å². The molecule has 0 aliphatic carbocycles. The fourth-order valence-corrected chi connectivity index (χ4v) is 1.67. The van der Waals surface area contributed by atoms with E-state index in [4.69, 9.17) is 16.3 Å². The van der Waals surface area contributed by atoms with E-state index in [9.17, 15) is 4.79 Å². The summed E-state index contributed by atoms with van der Waals surface area (Å²) in [6.07, 6.45) is 0. The summed E-state index contributed by atoms with van der Waals surface area (Å²) < 4.78 is 5.14. The van der Waals surface area contributed by atoms with Crippen molar-refractivity contribution in [1.29, 1.82) is 0 Å². The van der Waals surface area contributed by atoms with Crippen molar-refractivity contribution >= 4 is 23.2 Å². The molecule has 2 aromatic rings. The lowest BCUT2D eigenvalue weighted by atomic mass is 10.2. The van der Waals surface area contributed by atoms with Gasteiger partial charge in [0.2, 0.25) is 0 Å². The van der Waals surface area contributed by atoms with Crippen molar-refractivity contribution in [2.45, 2.75) is 6.92 Å². The zero-order chi connectivity index (χ0) is 13.1. The predicted molar refractivity (Wildman–Crippen MR) is 69.3 cm³/mol. The number of hydrogen-bond acceptors (Lipinski definition) is 3. The maximum absolute atomic E-state index is 11.9. The molecule has 0 bridgehead atoms. The molecule has 0 saturated heterocycles. The average molecular weight is 266 g/mol. The fourth-order valence-electron chi connectivity index (χ4n) is 1.50. The van der Waals surface area contributed by atoms with Crippen LogP contribution in [0.1, 0.15) is 16.2 Å². The highest BCUT2D eigenvalue weighted by Crippen LogP contribution is 2.27. The molecule has 0 radical (unpaired) electrons. The number of nitrogens with one attached hydrogen (secondary N) is 2. The Morgan fingerprint density at radius 1 is 1.44 bits per heavy atom. The Balaban J connectivity index is 2.23. The summed E-state index contributed by atoms with van der Waals surface area (Å²) in [5.74, 6) is 0.222. The number of carbonyl (C=O) groups is 1. The molecule has 0 spiro atoms. The van der Waals surface area contributed by atoms with Crippen molar-refractivity contribution in [2.75, 3.05) is 12.4 Å². The van der Waals surface area contributed by atoms with Crippen LogP contribution < -0.4 is 10.1 Å². The number of halogens is 1. The molecule has 1 aromatic heterocycles. The molecule has 0 aliphatic rings. The lowest BCUT2D eigenvalue weighted by Crippen LogP contribution is -2.13. The van der Waals surface area contributed by atoms with E-state index in [1.165, 1.54) is 7.11 Å². The Kier molecular flexibility index (Phi) is 3.53. The standard InChI is InChI=1S/C12H12ClN3O2/c1-7-5-10(16-15-7)12(17)14-9-6-8(13)3-4-11(9)18-2/h3-6H,1-2H3,(H,14,17)(H,15,16). The maximum atomic E-state index is 11.9. The minimum Gasteiger partial charge on any atom is -0.495 e. The van der Waals surface area contributed by atoms with Crippen LogP contribution in [0.5, 0.6) is 5.75 Å². The SMILES string of the molecule is COc1ccc(Cl)cc1NC(=O)c1cc(C)[nH]n1. The van der Waals surface area contributed by atoms with Gasteiger partial charge >= 0.3 is 0 Å². The van der Waals surface area contributed by atoms with Crippen LogP contribution in [0.25, 0.3) is 0 Å². The van der Waals surface area contributed by atoms with Crippen LogP contribution in [0.4, 0.5) is 5.69 Å². The highest BCUT2D eigenvalue weighted by molar-refractivity contribution is 6.31. The molecule has 2 rings (SSSR count). The van der Waals surface area contributed by atoms with Crippen LogP contribution in [0.2, 0.25) is 5.02 Å². The molecular weight excluding hydrogens is 254 g/mol. The Morgan fingerprint density at radius 3 is 2.83 bits per heavy atom. The molecule has 5 nitrogen and oxygen atoms in total. The summed E-state index contributed by atoms with van der Waals surface area (Å²) >= 11 is 5.88. The zero-order valence-electron chi connectivity index (χ0n) is 9.95. The first kappa shape index (κ1) is 12.4. The lowest BCUT2D eigenvalue weighted by molar-refractivity contribution is 0.102. The third kappa shape index (κ3) is 2.62. The van der Waals surface area contributed by atoms with Crippen LogP contribution in [0, 0.1) is 6.92 Å². The topological polar surface area (TPSA) is 67.0 Å². The average Bonchev–Trinajstić information content (AvgIpc) is 2.76. The first-order valence-corrected chi connectivity index (χ1v) is 5.65. The van der Waals surface area contributed by atoms with E-state index in [1.807, 2.05) is 6.92 Å². The van der Waals surface area contributed by atoms with Crippen LogP contribution in [0.15, 0.2) is 24.3 Å². The highest BCUT2D eigenvalue weighted by atomic mass is 35.5. The number of benzene rings is 1. The number of hydrogen-bond donors (Lipinski definition) is 2. The van der Waals surface area contributed by atoms with Crippen molar-refractivity contribution < 1.29 is 9.53 Å². The van der Waals surface area contributed by atoms with Crippen LogP contribution in [-0.2, 0) is 0 Å². The number of aromatic amines is 1. The van der Waals surface area contributed by atoms with Gasteiger partial charge in [0.1, 0.15) is 5.75 Å². The molecule has 1 amide bonds. The molecule has 6 heteroatoms. The number of methoxy groups -OCH3 is 1. The number of nitrogens with zero attached hydrogens (tertiary/aromatic N) is 1. The van der Waals surface area contributed by atoms with Gasteiger partial charge in [-0.05, 0) is 31.2 Å². The minimum atomic E-state index is -0.320. The Bertz CT molecular complexity index is 580. The van der Waals surface area contributed by atoms with E-state index >= 15 is 0 Å². The molecule has 1 heterocycles. The van der Waals surface area contributed by atoms with E-state index in [-0.39, 0.29) is 5.91 Å². The summed E-state index contributed by atoms with van der Waals surface area (Å²) in [6.45, 7) is 1.82. The maximum Gasteiger partial charge on any atom is 0.276 e. The van der Waals surface area contributed by atoms with Gasteiger partial charge in [0.25, 0.3) is 5.91 Å². The van der Waals surface area contributed by atoms with Gasteiger partial charge in [-0.1, -0.05) is 11.6 Å². The Hall–Kier alpha value is -2.01. The molecule has 0 unspecified atom stereocenters. The monoisotopic (exact) mass is 265 g/mol. The third-order valence-corrected chi connectivity index (χ3v) is 2.58. The van der Waals surface area contributed by atoms with Gasteiger partial charge < -0.3 is 10.1 Å². The highest BCUT2D eigenvalue weighted by Gasteiger charge is 2.12. The van der Waals surface area contributed by atoms with Gasteiger partial charge in [-0.15, -0.1) is 0 Å². The van der Waals surface area contributed by atoms with Crippen LogP contribution >= 0.6 is 11.6 Å². The second-order valence-corrected chi connectivity index (χ2v) is 4.17. The van der Waals surface area contributed by atoms with E-state index in [0.717, 1.165) is 5.69 Å². The number of aryl methyl sites for hydroxylation is 1.